The third kappa shape index (κ3) is 41.1. The van der Waals surface area contributed by atoms with Crippen LogP contribution >= 0.6 is 0 Å². The van der Waals surface area contributed by atoms with Crippen LogP contribution in [0.3, 0.4) is 0 Å². The summed E-state index contributed by atoms with van der Waals surface area (Å²) in [7, 11) is 0. The zero-order valence-electron chi connectivity index (χ0n) is 34.1. The van der Waals surface area contributed by atoms with Gasteiger partial charge in [0, 0.05) is 26.1 Å². The Labute approximate surface area is 342 Å². The summed E-state index contributed by atoms with van der Waals surface area (Å²) in [5.74, 6) is -1.26. The van der Waals surface area contributed by atoms with Crippen molar-refractivity contribution in [2.24, 2.45) is 0 Å². The van der Waals surface area contributed by atoms with Gasteiger partial charge in [0.05, 0.1) is 158 Å². The van der Waals surface area contributed by atoms with E-state index in [1.54, 1.807) is 0 Å². The number of amides is 2. The normalized spacial score (nSPS) is 11.2. The molecule has 58 heavy (non-hydrogen) atoms. The summed E-state index contributed by atoms with van der Waals surface area (Å²) in [6, 6.07) is 9.48. The molecule has 19 heteroatoms. The van der Waals surface area contributed by atoms with Gasteiger partial charge in [-0.05, 0) is 12.0 Å². The third-order valence-corrected chi connectivity index (χ3v) is 7.17. The first kappa shape index (κ1) is 53.0. The number of benzene rings is 1. The Kier molecular flexibility index (Phi) is 39.8. The van der Waals surface area contributed by atoms with Gasteiger partial charge in [-0.25, -0.2) is 4.79 Å². The van der Waals surface area contributed by atoms with E-state index in [1.165, 1.54) is 0 Å². The van der Waals surface area contributed by atoms with Crippen LogP contribution in [0.2, 0.25) is 0 Å². The van der Waals surface area contributed by atoms with Gasteiger partial charge in [0.25, 0.3) is 0 Å². The van der Waals surface area contributed by atoms with Crippen molar-refractivity contribution in [3.63, 3.8) is 0 Å². The summed E-state index contributed by atoms with van der Waals surface area (Å²) in [6.07, 6.45) is -0.0152. The molecular weight excluding hydrogens is 768 g/mol. The fourth-order valence-electron chi connectivity index (χ4n) is 4.23. The molecule has 1 aromatic rings. The van der Waals surface area contributed by atoms with Crippen LogP contribution in [0, 0.1) is 0 Å². The van der Waals surface area contributed by atoms with E-state index < -0.39 is 12.1 Å². The highest BCUT2D eigenvalue weighted by Gasteiger charge is 2.05. The van der Waals surface area contributed by atoms with Gasteiger partial charge in [0.1, 0.15) is 6.61 Å². The first-order valence-electron chi connectivity index (χ1n) is 19.9. The van der Waals surface area contributed by atoms with Gasteiger partial charge < -0.3 is 77.3 Å². The molecule has 19 nitrogen and oxygen atoms in total. The van der Waals surface area contributed by atoms with Gasteiger partial charge >= 0.3 is 12.1 Å². The van der Waals surface area contributed by atoms with E-state index in [-0.39, 0.29) is 25.4 Å². The SMILES string of the molecule is O=C(O)CCC(=O)NCCCOCCOCCOCCOCCOCCOCCOCCOCCOCCOCCOCCOCCNC(=O)OCc1ccccc1. The van der Waals surface area contributed by atoms with E-state index >= 15 is 0 Å². The largest absolute Gasteiger partial charge is 0.481 e. The van der Waals surface area contributed by atoms with Gasteiger partial charge in [-0.2, -0.15) is 0 Å². The molecule has 0 spiro atoms. The van der Waals surface area contributed by atoms with Gasteiger partial charge in [-0.3, -0.25) is 9.59 Å². The molecule has 3 N–H and O–H groups in total. The fraction of sp³-hybridized carbons (Fsp3) is 0.769. The van der Waals surface area contributed by atoms with E-state index in [2.05, 4.69) is 10.6 Å². The maximum Gasteiger partial charge on any atom is 0.407 e. The topological polar surface area (TPSA) is 215 Å². The lowest BCUT2D eigenvalue weighted by Crippen LogP contribution is -2.28. The molecule has 0 atom stereocenters. The highest BCUT2D eigenvalue weighted by Crippen LogP contribution is 2.00. The Morgan fingerprint density at radius 2 is 0.759 bits per heavy atom. The quantitative estimate of drug-likeness (QED) is 0.0794. The second-order valence-electron chi connectivity index (χ2n) is 11.9. The number of hydrogen-bond acceptors (Lipinski definition) is 16. The smallest absolute Gasteiger partial charge is 0.407 e. The Balaban J connectivity index is 1.63. The molecule has 0 saturated carbocycles. The van der Waals surface area contributed by atoms with Gasteiger partial charge in [-0.15, -0.1) is 0 Å². The molecule has 0 aromatic heterocycles. The molecule has 0 aliphatic rings. The number of aliphatic carboxylic acids is 1. The van der Waals surface area contributed by atoms with Crippen LogP contribution in [-0.2, 0) is 77.8 Å². The first-order valence-corrected chi connectivity index (χ1v) is 19.9. The lowest BCUT2D eigenvalue weighted by Gasteiger charge is -2.09. The number of ether oxygens (including phenoxy) is 13. The fourth-order valence-corrected chi connectivity index (χ4v) is 4.23. The predicted molar refractivity (Wildman–Crippen MR) is 209 cm³/mol. The molecule has 0 aliphatic heterocycles. The number of rotatable bonds is 45. The summed E-state index contributed by atoms with van der Waals surface area (Å²) >= 11 is 0. The second-order valence-corrected chi connectivity index (χ2v) is 11.9. The standard InChI is InChI=1S/C39H68N2O17/c42-37(7-8-38(43)44)40-9-4-11-46-13-15-48-17-19-50-21-23-52-25-27-54-29-31-56-33-34-57-32-30-55-28-26-53-24-22-51-20-18-49-16-14-47-12-10-41-39(45)58-35-36-5-2-1-3-6-36/h1-3,5-6H,4,7-35H2,(H,40,42)(H,41,45)(H,43,44). The Bertz CT molecular complexity index is 1060. The van der Waals surface area contributed by atoms with Crippen LogP contribution in [0.15, 0.2) is 30.3 Å². The molecule has 0 radical (unpaired) electrons. The number of carbonyl (C=O) groups is 3. The number of alkyl carbamates (subject to hydrolysis) is 1. The van der Waals surface area contributed by atoms with E-state index in [0.29, 0.717) is 178 Å². The first-order chi connectivity index (χ1) is 28.6. The van der Waals surface area contributed by atoms with E-state index in [0.717, 1.165) is 5.56 Å². The Morgan fingerprint density at radius 3 is 1.12 bits per heavy atom. The Morgan fingerprint density at radius 1 is 0.414 bits per heavy atom. The lowest BCUT2D eigenvalue weighted by atomic mass is 10.2. The zero-order chi connectivity index (χ0) is 41.7. The van der Waals surface area contributed by atoms with Crippen molar-refractivity contribution in [1.29, 1.82) is 0 Å². The third-order valence-electron chi connectivity index (χ3n) is 7.17. The number of carboxylic acids is 1. The van der Waals surface area contributed by atoms with Crippen LogP contribution in [0.5, 0.6) is 0 Å². The van der Waals surface area contributed by atoms with E-state index in [1.807, 2.05) is 30.3 Å². The van der Waals surface area contributed by atoms with Crippen molar-refractivity contribution < 1.29 is 81.1 Å². The molecule has 0 heterocycles. The van der Waals surface area contributed by atoms with Crippen LogP contribution in [-0.4, -0.2) is 195 Å². The predicted octanol–water partition coefficient (Wildman–Crippen LogP) is 1.48. The molecule has 336 valence electrons. The average Bonchev–Trinajstić information content (AvgIpc) is 3.23. The Hall–Kier alpha value is -3.05. The van der Waals surface area contributed by atoms with Crippen molar-refractivity contribution in [3.05, 3.63) is 35.9 Å². The minimum Gasteiger partial charge on any atom is -0.481 e. The average molecular weight is 837 g/mol. The van der Waals surface area contributed by atoms with Crippen molar-refractivity contribution in [2.75, 3.05) is 172 Å². The van der Waals surface area contributed by atoms with Crippen LogP contribution in [0.4, 0.5) is 4.79 Å². The number of carbonyl (C=O) groups excluding carboxylic acids is 2. The molecular formula is C39H68N2O17. The summed E-state index contributed by atoms with van der Waals surface area (Å²) in [5, 5.41) is 13.8. The molecule has 0 unspecified atom stereocenters. The van der Waals surface area contributed by atoms with Crippen LogP contribution < -0.4 is 10.6 Å². The summed E-state index contributed by atoms with van der Waals surface area (Å²) in [4.78, 5) is 33.5. The van der Waals surface area contributed by atoms with Crippen LogP contribution in [0.1, 0.15) is 24.8 Å². The highest BCUT2D eigenvalue weighted by molar-refractivity contribution is 5.80. The van der Waals surface area contributed by atoms with Crippen molar-refractivity contribution >= 4 is 18.0 Å². The molecule has 0 bridgehead atoms. The maximum atomic E-state index is 11.7. The second kappa shape index (κ2) is 43.5. The number of nitrogens with one attached hydrogen (secondary N) is 2. The summed E-state index contributed by atoms with van der Waals surface area (Å²) < 4.78 is 70.7. The monoisotopic (exact) mass is 836 g/mol. The maximum absolute atomic E-state index is 11.7. The van der Waals surface area contributed by atoms with Crippen molar-refractivity contribution in [2.45, 2.75) is 25.9 Å². The number of carboxylic acid groups (broad SMARTS) is 1. The van der Waals surface area contributed by atoms with Crippen LogP contribution in [0.25, 0.3) is 0 Å². The van der Waals surface area contributed by atoms with E-state index in [4.69, 9.17) is 66.7 Å². The molecule has 1 rings (SSSR count). The molecule has 2 amide bonds. The zero-order valence-corrected chi connectivity index (χ0v) is 34.1. The summed E-state index contributed by atoms with van der Waals surface area (Å²) in [6.45, 7) is 12.1. The number of hydrogen-bond donors (Lipinski definition) is 3. The van der Waals surface area contributed by atoms with Crippen molar-refractivity contribution in [3.8, 4) is 0 Å². The molecule has 0 aliphatic carbocycles. The van der Waals surface area contributed by atoms with Crippen molar-refractivity contribution in [1.82, 2.24) is 10.6 Å². The molecule has 0 saturated heterocycles. The van der Waals surface area contributed by atoms with Gasteiger partial charge in [-0.1, -0.05) is 30.3 Å². The minimum atomic E-state index is -0.987. The van der Waals surface area contributed by atoms with E-state index in [9.17, 15) is 14.4 Å². The molecule has 1 aromatic carbocycles. The lowest BCUT2D eigenvalue weighted by molar-refractivity contribution is -0.138. The highest BCUT2D eigenvalue weighted by atomic mass is 16.6. The van der Waals surface area contributed by atoms with Gasteiger partial charge in [0.2, 0.25) is 5.91 Å². The van der Waals surface area contributed by atoms with Gasteiger partial charge in [0.15, 0.2) is 0 Å². The summed E-state index contributed by atoms with van der Waals surface area (Å²) in [5.41, 5.74) is 0.931. The minimum absolute atomic E-state index is 0.0153. The molecule has 0 fully saturated rings.